The lowest BCUT2D eigenvalue weighted by molar-refractivity contribution is 0.114. The number of rotatable bonds is 6. The fraction of sp³-hybridized carbons (Fsp3) is 0.476. The second-order valence-electron chi connectivity index (χ2n) is 7.48. The van der Waals surface area contributed by atoms with Crippen LogP contribution in [0.1, 0.15) is 36.2 Å². The molecule has 1 saturated heterocycles. The molecule has 3 rings (SSSR count). The van der Waals surface area contributed by atoms with Crippen molar-refractivity contribution in [2.75, 3.05) is 45.1 Å². The molecule has 0 amide bonds. The van der Waals surface area contributed by atoms with Crippen LogP contribution in [0.3, 0.4) is 0 Å². The Morgan fingerprint density at radius 1 is 1.11 bits per heavy atom. The van der Waals surface area contributed by atoms with Crippen LogP contribution in [0.2, 0.25) is 0 Å². The van der Waals surface area contributed by atoms with Crippen molar-refractivity contribution in [2.24, 2.45) is 0 Å². The van der Waals surface area contributed by atoms with Gasteiger partial charge in [0.1, 0.15) is 0 Å². The van der Waals surface area contributed by atoms with E-state index in [9.17, 15) is 0 Å². The largest absolute Gasteiger partial charge is 0.360 e. The molecule has 146 valence electrons. The molecule has 2 heterocycles. The number of piperazine rings is 1. The molecule has 1 atom stereocenters. The summed E-state index contributed by atoms with van der Waals surface area (Å²) in [5.74, 6) is 0.541. The van der Waals surface area contributed by atoms with Gasteiger partial charge in [-0.2, -0.15) is 0 Å². The van der Waals surface area contributed by atoms with Crippen molar-refractivity contribution >= 4 is 34.4 Å². The minimum Gasteiger partial charge on any atom is -0.360 e. The quantitative estimate of drug-likeness (QED) is 0.709. The van der Waals surface area contributed by atoms with Crippen LogP contribution in [0.15, 0.2) is 41.8 Å². The first-order valence-corrected chi connectivity index (χ1v) is 10.9. The Hall–Kier alpha value is -1.47. The Bertz CT molecular complexity index is 704. The lowest BCUT2D eigenvalue weighted by Crippen LogP contribution is -2.48. The van der Waals surface area contributed by atoms with E-state index < -0.39 is 0 Å². The second kappa shape index (κ2) is 9.64. The first-order chi connectivity index (χ1) is 13.0. The third-order valence-electron chi connectivity index (χ3n) is 5.14. The Balaban J connectivity index is 1.57. The van der Waals surface area contributed by atoms with Crippen molar-refractivity contribution in [1.29, 1.82) is 0 Å². The first-order valence-electron chi connectivity index (χ1n) is 9.63. The summed E-state index contributed by atoms with van der Waals surface area (Å²) in [6.07, 6.45) is 0. The fourth-order valence-electron chi connectivity index (χ4n) is 3.34. The van der Waals surface area contributed by atoms with Crippen LogP contribution in [0.5, 0.6) is 0 Å². The summed E-state index contributed by atoms with van der Waals surface area (Å²) < 4.78 is 0. The molecule has 0 spiro atoms. The highest BCUT2D eigenvalue weighted by Crippen LogP contribution is 2.25. The number of hydrogen-bond acceptors (Lipinski definition) is 4. The molecule has 6 heteroatoms. The molecule has 0 aliphatic carbocycles. The Kier molecular flexibility index (Phi) is 7.24. The van der Waals surface area contributed by atoms with Gasteiger partial charge in [0.2, 0.25) is 0 Å². The molecular weight excluding hydrogens is 372 g/mol. The smallest absolute Gasteiger partial charge is 0.170 e. The van der Waals surface area contributed by atoms with Gasteiger partial charge in [0.05, 0.1) is 6.04 Å². The van der Waals surface area contributed by atoms with Gasteiger partial charge in [0.25, 0.3) is 0 Å². The van der Waals surface area contributed by atoms with Crippen LogP contribution in [-0.4, -0.2) is 54.7 Å². The second-order valence-corrected chi connectivity index (χ2v) is 8.87. The lowest BCUT2D eigenvalue weighted by Gasteiger charge is -2.37. The zero-order valence-corrected chi connectivity index (χ0v) is 18.1. The number of anilines is 1. The van der Waals surface area contributed by atoms with Crippen molar-refractivity contribution in [3.05, 3.63) is 52.2 Å². The zero-order chi connectivity index (χ0) is 19.2. The SMILES string of the molecule is CC(C)c1ccc(NC(=S)NC[C@H](c2cccs2)N2CCN(C)CC2)cc1. The lowest BCUT2D eigenvalue weighted by atomic mass is 10.0. The summed E-state index contributed by atoms with van der Waals surface area (Å²) in [5, 5.41) is 9.59. The van der Waals surface area contributed by atoms with E-state index in [4.69, 9.17) is 12.2 Å². The van der Waals surface area contributed by atoms with Gasteiger partial charge in [-0.25, -0.2) is 0 Å². The summed E-state index contributed by atoms with van der Waals surface area (Å²) in [4.78, 5) is 6.36. The Morgan fingerprint density at radius 2 is 1.81 bits per heavy atom. The summed E-state index contributed by atoms with van der Waals surface area (Å²) in [5.41, 5.74) is 2.37. The molecule has 1 aliphatic heterocycles. The van der Waals surface area contributed by atoms with Crippen molar-refractivity contribution < 1.29 is 0 Å². The Morgan fingerprint density at radius 3 is 2.41 bits per heavy atom. The molecule has 1 aromatic carbocycles. The number of nitrogens with zero attached hydrogens (tertiary/aromatic N) is 2. The monoisotopic (exact) mass is 402 g/mol. The van der Waals surface area contributed by atoms with Crippen LogP contribution in [-0.2, 0) is 0 Å². The van der Waals surface area contributed by atoms with E-state index in [0.717, 1.165) is 38.4 Å². The number of benzene rings is 1. The van der Waals surface area contributed by atoms with Gasteiger partial charge in [-0.1, -0.05) is 32.0 Å². The summed E-state index contributed by atoms with van der Waals surface area (Å²) in [6, 6.07) is 13.2. The van der Waals surface area contributed by atoms with Gasteiger partial charge in [-0.3, -0.25) is 4.90 Å². The summed E-state index contributed by atoms with van der Waals surface area (Å²) >= 11 is 7.37. The first kappa shape index (κ1) is 20.3. The van der Waals surface area contributed by atoms with Gasteiger partial charge >= 0.3 is 0 Å². The molecule has 1 fully saturated rings. The van der Waals surface area contributed by atoms with Crippen LogP contribution in [0.4, 0.5) is 5.69 Å². The van der Waals surface area contributed by atoms with E-state index >= 15 is 0 Å². The minimum atomic E-state index is 0.363. The van der Waals surface area contributed by atoms with Crippen LogP contribution in [0, 0.1) is 0 Å². The van der Waals surface area contributed by atoms with E-state index in [-0.39, 0.29) is 0 Å². The molecule has 0 radical (unpaired) electrons. The molecular formula is C21H30N4S2. The molecule has 0 saturated carbocycles. The predicted octanol–water partition coefficient (Wildman–Crippen LogP) is 4.15. The molecule has 0 bridgehead atoms. The van der Waals surface area contributed by atoms with E-state index in [0.29, 0.717) is 17.1 Å². The highest BCUT2D eigenvalue weighted by molar-refractivity contribution is 7.80. The van der Waals surface area contributed by atoms with Crippen molar-refractivity contribution in [2.45, 2.75) is 25.8 Å². The van der Waals surface area contributed by atoms with Crippen LogP contribution in [0.25, 0.3) is 0 Å². The number of thiophene rings is 1. The van der Waals surface area contributed by atoms with Crippen molar-refractivity contribution in [1.82, 2.24) is 15.1 Å². The third kappa shape index (κ3) is 5.75. The van der Waals surface area contributed by atoms with E-state index in [1.54, 1.807) is 0 Å². The molecule has 2 N–H and O–H groups in total. The average Bonchev–Trinajstić information content (AvgIpc) is 3.18. The normalized spacial score (nSPS) is 17.0. The fourth-order valence-corrected chi connectivity index (χ4v) is 4.40. The Labute approximate surface area is 172 Å². The third-order valence-corrected chi connectivity index (χ3v) is 6.36. The summed E-state index contributed by atoms with van der Waals surface area (Å²) in [6.45, 7) is 9.66. The minimum absolute atomic E-state index is 0.363. The molecule has 27 heavy (non-hydrogen) atoms. The molecule has 1 aromatic heterocycles. The number of likely N-dealkylation sites (N-methyl/N-ethyl adjacent to an activating group) is 1. The number of thiocarbonyl (C=S) groups is 1. The topological polar surface area (TPSA) is 30.5 Å². The molecule has 1 aliphatic rings. The maximum absolute atomic E-state index is 5.54. The van der Waals surface area contributed by atoms with Gasteiger partial charge in [0.15, 0.2) is 5.11 Å². The average molecular weight is 403 g/mol. The van der Waals surface area contributed by atoms with E-state index in [1.807, 2.05) is 11.3 Å². The van der Waals surface area contributed by atoms with Gasteiger partial charge in [0, 0.05) is 43.3 Å². The van der Waals surface area contributed by atoms with Crippen molar-refractivity contribution in [3.8, 4) is 0 Å². The number of nitrogens with one attached hydrogen (secondary N) is 2. The summed E-state index contributed by atoms with van der Waals surface area (Å²) in [7, 11) is 2.19. The number of hydrogen-bond donors (Lipinski definition) is 2. The van der Waals surface area contributed by atoms with Crippen LogP contribution >= 0.6 is 23.6 Å². The molecule has 0 unspecified atom stereocenters. The predicted molar refractivity (Wildman–Crippen MR) is 121 cm³/mol. The zero-order valence-electron chi connectivity index (χ0n) is 16.4. The molecule has 2 aromatic rings. The maximum Gasteiger partial charge on any atom is 0.170 e. The maximum atomic E-state index is 5.54. The van der Waals surface area contributed by atoms with E-state index in [2.05, 4.69) is 83.1 Å². The van der Waals surface area contributed by atoms with Gasteiger partial charge in [-0.15, -0.1) is 11.3 Å². The van der Waals surface area contributed by atoms with E-state index in [1.165, 1.54) is 10.4 Å². The molecule has 4 nitrogen and oxygen atoms in total. The highest BCUT2D eigenvalue weighted by Gasteiger charge is 2.24. The standard InChI is InChI=1S/C21H30N4S2/c1-16(2)17-6-8-18(9-7-17)23-21(26)22-15-19(20-5-4-14-27-20)25-12-10-24(3)11-13-25/h4-9,14,16,19H,10-13,15H2,1-3H3,(H2,22,23,26)/t19-/m1/s1. The van der Waals surface area contributed by atoms with Crippen LogP contribution < -0.4 is 10.6 Å². The van der Waals surface area contributed by atoms with Gasteiger partial charge in [-0.05, 0) is 54.3 Å². The van der Waals surface area contributed by atoms with Crippen molar-refractivity contribution in [3.63, 3.8) is 0 Å². The van der Waals surface area contributed by atoms with Gasteiger partial charge < -0.3 is 15.5 Å². The highest BCUT2D eigenvalue weighted by atomic mass is 32.1.